The van der Waals surface area contributed by atoms with E-state index in [4.69, 9.17) is 15.2 Å². The molecule has 0 aliphatic heterocycles. The summed E-state index contributed by atoms with van der Waals surface area (Å²) in [5.74, 6) is 0.287. The van der Waals surface area contributed by atoms with Crippen LogP contribution < -0.4 is 21.1 Å². The fourth-order valence-electron chi connectivity index (χ4n) is 1.75. The highest BCUT2D eigenvalue weighted by Gasteiger charge is 2.15. The number of nitrogens with two attached hydrogens (primary N) is 1. The number of nitrogen functional groups attached to an aromatic ring is 1. The summed E-state index contributed by atoms with van der Waals surface area (Å²) < 4.78 is 10.2. The Bertz CT molecular complexity index is 553. The number of hydrogen-bond acceptors (Lipinski definition) is 5. The summed E-state index contributed by atoms with van der Waals surface area (Å²) in [6, 6.07) is 4.90. The highest BCUT2D eigenvalue weighted by molar-refractivity contribution is 5.99. The first kappa shape index (κ1) is 18.6. The first-order chi connectivity index (χ1) is 10.7. The molecule has 1 rings (SSSR count). The van der Waals surface area contributed by atoms with Crippen LogP contribution in [0.3, 0.4) is 0 Å². The van der Waals surface area contributed by atoms with Crippen LogP contribution in [0.1, 0.15) is 37.6 Å². The van der Waals surface area contributed by atoms with E-state index < -0.39 is 11.7 Å². The number of methoxy groups -OCH3 is 1. The van der Waals surface area contributed by atoms with Gasteiger partial charge < -0.3 is 25.8 Å². The minimum Gasteiger partial charge on any atom is -0.497 e. The van der Waals surface area contributed by atoms with Crippen molar-refractivity contribution in [1.82, 2.24) is 10.6 Å². The van der Waals surface area contributed by atoms with Crippen molar-refractivity contribution in [3.05, 3.63) is 23.8 Å². The predicted octanol–water partition coefficient (Wildman–Crippen LogP) is 1.92. The Balaban J connectivity index is 2.34. The van der Waals surface area contributed by atoms with Gasteiger partial charge in [-0.1, -0.05) is 0 Å². The minimum absolute atomic E-state index is 0.279. The number of carbonyl (C=O) groups is 2. The molecule has 0 heterocycles. The van der Waals surface area contributed by atoms with Crippen LogP contribution in [-0.2, 0) is 4.74 Å². The van der Waals surface area contributed by atoms with Crippen LogP contribution in [0.5, 0.6) is 5.75 Å². The molecule has 0 fully saturated rings. The molecular formula is C16H25N3O4. The highest BCUT2D eigenvalue weighted by atomic mass is 16.6. The van der Waals surface area contributed by atoms with Gasteiger partial charge in [-0.05, 0) is 45.4 Å². The van der Waals surface area contributed by atoms with Gasteiger partial charge in [0, 0.05) is 18.8 Å². The molecular weight excluding hydrogens is 298 g/mol. The number of hydrogen-bond donors (Lipinski definition) is 3. The fourth-order valence-corrected chi connectivity index (χ4v) is 1.75. The zero-order valence-electron chi connectivity index (χ0n) is 14.1. The third kappa shape index (κ3) is 6.90. The van der Waals surface area contributed by atoms with E-state index in [2.05, 4.69) is 10.6 Å². The largest absolute Gasteiger partial charge is 0.497 e. The topological polar surface area (TPSA) is 103 Å². The van der Waals surface area contributed by atoms with E-state index in [-0.39, 0.29) is 5.91 Å². The average molecular weight is 323 g/mol. The fraction of sp³-hybridized carbons (Fsp3) is 0.500. The first-order valence-corrected chi connectivity index (χ1v) is 7.41. The van der Waals surface area contributed by atoms with E-state index in [1.807, 2.05) is 0 Å². The summed E-state index contributed by atoms with van der Waals surface area (Å²) in [5, 5.41) is 5.37. The Morgan fingerprint density at radius 1 is 1.17 bits per heavy atom. The zero-order chi connectivity index (χ0) is 17.5. The van der Waals surface area contributed by atoms with Crippen molar-refractivity contribution in [2.45, 2.75) is 32.8 Å². The van der Waals surface area contributed by atoms with Crippen LogP contribution in [-0.4, -0.2) is 37.8 Å². The van der Waals surface area contributed by atoms with Crippen molar-refractivity contribution in [2.24, 2.45) is 0 Å². The maximum absolute atomic E-state index is 12.1. The van der Waals surface area contributed by atoms with Gasteiger partial charge in [-0.2, -0.15) is 0 Å². The molecule has 0 bridgehead atoms. The quantitative estimate of drug-likeness (QED) is 0.548. The van der Waals surface area contributed by atoms with Gasteiger partial charge in [0.1, 0.15) is 11.4 Å². The summed E-state index contributed by atoms with van der Waals surface area (Å²) in [6.45, 7) is 6.20. The van der Waals surface area contributed by atoms with Gasteiger partial charge in [0.25, 0.3) is 5.91 Å². The van der Waals surface area contributed by atoms with Crippen molar-refractivity contribution >= 4 is 17.7 Å². The zero-order valence-corrected chi connectivity index (χ0v) is 14.1. The number of amides is 2. The number of anilines is 1. The number of carbonyl (C=O) groups excluding carboxylic acids is 2. The lowest BCUT2D eigenvalue weighted by Gasteiger charge is -2.19. The average Bonchev–Trinajstić information content (AvgIpc) is 2.45. The number of benzene rings is 1. The lowest BCUT2D eigenvalue weighted by Crippen LogP contribution is -2.34. The normalized spacial score (nSPS) is 10.8. The molecule has 4 N–H and O–H groups in total. The molecule has 0 saturated carbocycles. The third-order valence-corrected chi connectivity index (χ3v) is 2.81. The molecule has 0 unspecified atom stereocenters. The van der Waals surface area contributed by atoms with E-state index in [1.165, 1.54) is 7.11 Å². The molecule has 0 aliphatic rings. The monoisotopic (exact) mass is 323 g/mol. The van der Waals surface area contributed by atoms with Gasteiger partial charge >= 0.3 is 6.09 Å². The Hall–Kier alpha value is -2.44. The van der Waals surface area contributed by atoms with Crippen LogP contribution >= 0.6 is 0 Å². The standard InChI is InChI=1S/C16H25N3O4/c1-16(2,3)23-15(21)19-9-5-8-18-14(20)12-10-11(22-4)6-7-13(12)17/h6-7,10H,5,8-9,17H2,1-4H3,(H,18,20)(H,19,21). The van der Waals surface area contributed by atoms with Crippen LogP contribution in [0.15, 0.2) is 18.2 Å². The van der Waals surface area contributed by atoms with Gasteiger partial charge in [-0.3, -0.25) is 4.79 Å². The lowest BCUT2D eigenvalue weighted by atomic mass is 10.1. The molecule has 0 aliphatic carbocycles. The van der Waals surface area contributed by atoms with Crippen LogP contribution in [0, 0.1) is 0 Å². The van der Waals surface area contributed by atoms with Gasteiger partial charge in [-0.25, -0.2) is 4.79 Å². The van der Waals surface area contributed by atoms with Crippen molar-refractivity contribution in [3.8, 4) is 5.75 Å². The van der Waals surface area contributed by atoms with Crippen LogP contribution in [0.2, 0.25) is 0 Å². The smallest absolute Gasteiger partial charge is 0.407 e. The second-order valence-electron chi connectivity index (χ2n) is 5.99. The maximum atomic E-state index is 12.1. The molecule has 7 heteroatoms. The Morgan fingerprint density at radius 2 is 1.83 bits per heavy atom. The van der Waals surface area contributed by atoms with Crippen molar-refractivity contribution in [2.75, 3.05) is 25.9 Å². The van der Waals surface area contributed by atoms with Gasteiger partial charge in [0.2, 0.25) is 0 Å². The SMILES string of the molecule is COc1ccc(N)c(C(=O)NCCCNC(=O)OC(C)(C)C)c1. The van der Waals surface area contributed by atoms with E-state index in [9.17, 15) is 9.59 Å². The number of nitrogens with one attached hydrogen (secondary N) is 2. The van der Waals surface area contributed by atoms with Crippen molar-refractivity contribution in [3.63, 3.8) is 0 Å². The predicted molar refractivity (Wildman–Crippen MR) is 88.6 cm³/mol. The summed E-state index contributed by atoms with van der Waals surface area (Å²) in [4.78, 5) is 23.5. The second kappa shape index (κ2) is 8.26. The Kier molecular flexibility index (Phi) is 6.68. The minimum atomic E-state index is -0.526. The number of alkyl carbamates (subject to hydrolysis) is 1. The van der Waals surface area contributed by atoms with Crippen LogP contribution in [0.25, 0.3) is 0 Å². The first-order valence-electron chi connectivity index (χ1n) is 7.41. The molecule has 0 radical (unpaired) electrons. The van der Waals surface area contributed by atoms with E-state index >= 15 is 0 Å². The molecule has 0 spiro atoms. The van der Waals surface area contributed by atoms with Crippen LogP contribution in [0.4, 0.5) is 10.5 Å². The lowest BCUT2D eigenvalue weighted by molar-refractivity contribution is 0.0527. The molecule has 7 nitrogen and oxygen atoms in total. The molecule has 0 atom stereocenters. The second-order valence-corrected chi connectivity index (χ2v) is 5.99. The van der Waals surface area contributed by atoms with Gasteiger partial charge in [-0.15, -0.1) is 0 Å². The van der Waals surface area contributed by atoms with E-state index in [1.54, 1.807) is 39.0 Å². The van der Waals surface area contributed by atoms with Crippen molar-refractivity contribution in [1.29, 1.82) is 0 Å². The molecule has 0 aromatic heterocycles. The molecule has 128 valence electrons. The van der Waals surface area contributed by atoms with E-state index in [0.717, 1.165) is 0 Å². The van der Waals surface area contributed by atoms with Gasteiger partial charge in [0.05, 0.1) is 12.7 Å². The summed E-state index contributed by atoms with van der Waals surface area (Å²) in [5.41, 5.74) is 6.01. The summed E-state index contributed by atoms with van der Waals surface area (Å²) >= 11 is 0. The van der Waals surface area contributed by atoms with Gasteiger partial charge in [0.15, 0.2) is 0 Å². The Labute approximate surface area is 136 Å². The number of ether oxygens (including phenoxy) is 2. The summed E-state index contributed by atoms with van der Waals surface area (Å²) in [7, 11) is 1.52. The summed E-state index contributed by atoms with van der Waals surface area (Å²) in [6.07, 6.45) is 0.107. The highest BCUT2D eigenvalue weighted by Crippen LogP contribution is 2.19. The molecule has 1 aromatic carbocycles. The molecule has 23 heavy (non-hydrogen) atoms. The third-order valence-electron chi connectivity index (χ3n) is 2.81. The molecule has 0 saturated heterocycles. The van der Waals surface area contributed by atoms with Crippen molar-refractivity contribution < 1.29 is 19.1 Å². The van der Waals surface area contributed by atoms with E-state index in [0.29, 0.717) is 36.5 Å². The maximum Gasteiger partial charge on any atom is 0.407 e. The Morgan fingerprint density at radius 3 is 2.43 bits per heavy atom. The molecule has 1 aromatic rings. The number of rotatable bonds is 6. The molecule has 2 amide bonds.